The van der Waals surface area contributed by atoms with Gasteiger partial charge in [0.1, 0.15) is 10.6 Å². The van der Waals surface area contributed by atoms with Gasteiger partial charge in [0, 0.05) is 58.6 Å². The summed E-state index contributed by atoms with van der Waals surface area (Å²) in [5.41, 5.74) is 2.46. The van der Waals surface area contributed by atoms with Crippen molar-refractivity contribution in [3.8, 4) is 0 Å². The monoisotopic (exact) mass is 461 g/mol. The van der Waals surface area contributed by atoms with Crippen molar-refractivity contribution in [2.75, 3.05) is 59.5 Å². The van der Waals surface area contributed by atoms with Crippen molar-refractivity contribution in [2.45, 2.75) is 18.0 Å². The first-order valence-electron chi connectivity index (χ1n) is 10.9. The van der Waals surface area contributed by atoms with Crippen LogP contribution >= 0.6 is 0 Å². The standard InChI is InChI=1S/C22H31N5O4S/c1-25-5-7-26(8-6-25)17-19-4-2-3-18(13-19)15-24-22(28)21-14-20(16-23-21)32(29,30)27-9-11-31-12-10-27/h2-4,13-14,16,23H,5-12,15,17H2,1H3,(H,24,28). The van der Waals surface area contributed by atoms with E-state index in [2.05, 4.69) is 39.3 Å². The summed E-state index contributed by atoms with van der Waals surface area (Å²) in [6, 6.07) is 9.61. The molecule has 0 atom stereocenters. The maximum absolute atomic E-state index is 12.7. The molecule has 1 aromatic carbocycles. The van der Waals surface area contributed by atoms with Crippen LogP contribution in [0.5, 0.6) is 0 Å². The number of hydrogen-bond acceptors (Lipinski definition) is 6. The number of carbonyl (C=O) groups is 1. The van der Waals surface area contributed by atoms with Crippen molar-refractivity contribution in [3.63, 3.8) is 0 Å². The molecule has 0 aliphatic carbocycles. The fraction of sp³-hybridized carbons (Fsp3) is 0.500. The fourth-order valence-corrected chi connectivity index (χ4v) is 5.37. The largest absolute Gasteiger partial charge is 0.379 e. The van der Waals surface area contributed by atoms with E-state index in [4.69, 9.17) is 4.74 Å². The molecular weight excluding hydrogens is 430 g/mol. The van der Waals surface area contributed by atoms with Crippen LogP contribution in [0.1, 0.15) is 21.6 Å². The van der Waals surface area contributed by atoms with Crippen LogP contribution in [0.15, 0.2) is 41.4 Å². The number of sulfonamides is 1. The van der Waals surface area contributed by atoms with E-state index in [9.17, 15) is 13.2 Å². The number of amides is 1. The van der Waals surface area contributed by atoms with E-state index in [0.717, 1.165) is 38.3 Å². The highest BCUT2D eigenvalue weighted by Gasteiger charge is 2.28. The minimum atomic E-state index is -3.63. The van der Waals surface area contributed by atoms with Crippen molar-refractivity contribution in [1.29, 1.82) is 0 Å². The van der Waals surface area contributed by atoms with E-state index in [1.54, 1.807) is 0 Å². The molecule has 0 radical (unpaired) electrons. The molecule has 9 nitrogen and oxygen atoms in total. The lowest BCUT2D eigenvalue weighted by atomic mass is 10.1. The molecule has 174 valence electrons. The average molecular weight is 462 g/mol. The molecule has 4 rings (SSSR count). The Morgan fingerprint density at radius 3 is 2.53 bits per heavy atom. The van der Waals surface area contributed by atoms with E-state index in [1.807, 2.05) is 12.1 Å². The van der Waals surface area contributed by atoms with Crippen molar-refractivity contribution >= 4 is 15.9 Å². The number of hydrogen-bond donors (Lipinski definition) is 2. The number of piperazine rings is 1. The molecule has 10 heteroatoms. The molecule has 2 fully saturated rings. The van der Waals surface area contributed by atoms with Crippen LogP contribution in [0.4, 0.5) is 0 Å². The van der Waals surface area contributed by atoms with Gasteiger partial charge in [-0.3, -0.25) is 9.69 Å². The number of aromatic nitrogens is 1. The quantitative estimate of drug-likeness (QED) is 0.630. The van der Waals surface area contributed by atoms with Gasteiger partial charge in [-0.15, -0.1) is 0 Å². The molecule has 2 aromatic rings. The minimum absolute atomic E-state index is 0.0960. The number of morpholine rings is 1. The second-order valence-electron chi connectivity index (χ2n) is 8.35. The second-order valence-corrected chi connectivity index (χ2v) is 10.3. The van der Waals surface area contributed by atoms with E-state index in [0.29, 0.717) is 32.8 Å². The maximum Gasteiger partial charge on any atom is 0.268 e. The summed E-state index contributed by atoms with van der Waals surface area (Å²) < 4.78 is 32.1. The van der Waals surface area contributed by atoms with Gasteiger partial charge in [0.05, 0.1) is 13.2 Å². The number of carbonyl (C=O) groups excluding carboxylic acids is 1. The highest BCUT2D eigenvalue weighted by Crippen LogP contribution is 2.18. The normalized spacial score (nSPS) is 19.2. The molecule has 0 bridgehead atoms. The van der Waals surface area contributed by atoms with E-state index in [1.165, 1.54) is 22.1 Å². The number of H-pyrrole nitrogens is 1. The molecule has 2 N–H and O–H groups in total. The summed E-state index contributed by atoms with van der Waals surface area (Å²) >= 11 is 0. The summed E-state index contributed by atoms with van der Waals surface area (Å²) in [5, 5.41) is 2.88. The summed E-state index contributed by atoms with van der Waals surface area (Å²) in [6.07, 6.45) is 1.37. The van der Waals surface area contributed by atoms with Crippen LogP contribution in [-0.2, 0) is 27.8 Å². The van der Waals surface area contributed by atoms with Gasteiger partial charge in [-0.25, -0.2) is 8.42 Å². The molecule has 0 spiro atoms. The first-order chi connectivity index (χ1) is 15.4. The Bertz CT molecular complexity index is 1020. The molecule has 0 saturated carbocycles. The third-order valence-corrected chi connectivity index (χ3v) is 7.83. The molecule has 32 heavy (non-hydrogen) atoms. The summed E-state index contributed by atoms with van der Waals surface area (Å²) in [4.78, 5) is 20.2. The van der Waals surface area contributed by atoms with Gasteiger partial charge in [-0.05, 0) is 24.2 Å². The van der Waals surface area contributed by atoms with Gasteiger partial charge in [-0.2, -0.15) is 4.31 Å². The molecular formula is C22H31N5O4S. The Hall–Kier alpha value is -2.24. The number of likely N-dealkylation sites (N-methyl/N-ethyl adjacent to an activating group) is 1. The number of ether oxygens (including phenoxy) is 1. The van der Waals surface area contributed by atoms with Crippen LogP contribution in [0.25, 0.3) is 0 Å². The molecule has 1 amide bonds. The first kappa shape index (κ1) is 22.9. The third kappa shape index (κ3) is 5.57. The van der Waals surface area contributed by atoms with Crippen LogP contribution in [0, 0.1) is 0 Å². The Balaban J connectivity index is 1.33. The molecule has 2 aliphatic heterocycles. The second kappa shape index (κ2) is 10.1. The predicted octanol–water partition coefficient (Wildman–Crippen LogP) is 0.713. The van der Waals surface area contributed by atoms with Crippen molar-refractivity contribution in [1.82, 2.24) is 24.4 Å². The van der Waals surface area contributed by atoms with Gasteiger partial charge in [0.25, 0.3) is 5.91 Å². The minimum Gasteiger partial charge on any atom is -0.379 e. The molecule has 0 unspecified atom stereocenters. The molecule has 2 aliphatic rings. The van der Waals surface area contributed by atoms with Crippen LogP contribution in [-0.4, -0.2) is 92.9 Å². The van der Waals surface area contributed by atoms with E-state index >= 15 is 0 Å². The lowest BCUT2D eigenvalue weighted by Gasteiger charge is -2.32. The van der Waals surface area contributed by atoms with Crippen LogP contribution < -0.4 is 5.32 Å². The topological polar surface area (TPSA) is 98.0 Å². The molecule has 3 heterocycles. The van der Waals surface area contributed by atoms with Gasteiger partial charge < -0.3 is 19.9 Å². The van der Waals surface area contributed by atoms with Crippen LogP contribution in [0.2, 0.25) is 0 Å². The maximum atomic E-state index is 12.7. The smallest absolute Gasteiger partial charge is 0.268 e. The summed E-state index contributed by atoms with van der Waals surface area (Å²) in [7, 11) is -1.49. The van der Waals surface area contributed by atoms with Gasteiger partial charge in [-0.1, -0.05) is 24.3 Å². The fourth-order valence-electron chi connectivity index (χ4n) is 3.97. The van der Waals surface area contributed by atoms with E-state index < -0.39 is 10.0 Å². The highest BCUT2D eigenvalue weighted by atomic mass is 32.2. The zero-order chi connectivity index (χ0) is 22.6. The molecule has 1 aromatic heterocycles. The number of rotatable bonds is 7. The van der Waals surface area contributed by atoms with E-state index in [-0.39, 0.29) is 16.5 Å². The van der Waals surface area contributed by atoms with Crippen LogP contribution in [0.3, 0.4) is 0 Å². The summed E-state index contributed by atoms with van der Waals surface area (Å²) in [5.74, 6) is -0.335. The summed E-state index contributed by atoms with van der Waals surface area (Å²) in [6.45, 7) is 6.94. The lowest BCUT2D eigenvalue weighted by Crippen LogP contribution is -2.43. The van der Waals surface area contributed by atoms with Crippen molar-refractivity contribution in [2.24, 2.45) is 0 Å². The molecule has 2 saturated heterocycles. The van der Waals surface area contributed by atoms with Crippen molar-refractivity contribution < 1.29 is 17.9 Å². The third-order valence-electron chi connectivity index (χ3n) is 5.96. The zero-order valence-electron chi connectivity index (χ0n) is 18.4. The SMILES string of the molecule is CN1CCN(Cc2cccc(CNC(=O)c3cc(S(=O)(=O)N4CCOCC4)c[nH]3)c2)CC1. The lowest BCUT2D eigenvalue weighted by molar-refractivity contribution is 0.0730. The Kier molecular flexibility index (Phi) is 7.27. The van der Waals surface area contributed by atoms with Gasteiger partial charge >= 0.3 is 0 Å². The Labute approximate surface area is 189 Å². The van der Waals surface area contributed by atoms with Gasteiger partial charge in [0.15, 0.2) is 0 Å². The number of nitrogens with one attached hydrogen (secondary N) is 2. The number of nitrogens with zero attached hydrogens (tertiary/aromatic N) is 3. The zero-order valence-corrected chi connectivity index (χ0v) is 19.2. The number of aromatic amines is 1. The average Bonchev–Trinajstić information content (AvgIpc) is 3.31. The Morgan fingerprint density at radius 1 is 1.06 bits per heavy atom. The highest BCUT2D eigenvalue weighted by molar-refractivity contribution is 7.89. The predicted molar refractivity (Wildman–Crippen MR) is 121 cm³/mol. The first-order valence-corrected chi connectivity index (χ1v) is 12.4. The van der Waals surface area contributed by atoms with Crippen molar-refractivity contribution in [3.05, 3.63) is 53.3 Å². The van der Waals surface area contributed by atoms with Gasteiger partial charge in [0.2, 0.25) is 10.0 Å². The Morgan fingerprint density at radius 2 is 1.78 bits per heavy atom. The number of benzene rings is 1.